The van der Waals surface area contributed by atoms with Crippen molar-refractivity contribution in [2.75, 3.05) is 44.4 Å². The number of anilines is 2. The van der Waals surface area contributed by atoms with Gasteiger partial charge in [0.05, 0.1) is 12.2 Å². The predicted molar refractivity (Wildman–Crippen MR) is 76.4 cm³/mol. The topological polar surface area (TPSA) is 58.8 Å². The Kier molecular flexibility index (Phi) is 4.06. The lowest BCUT2D eigenvalue weighted by Crippen LogP contribution is -2.37. The standard InChI is InChI=1S/C14H19N3O2/c1-16(2)7-3-4-14(18)17-8-9-19-13-6-5-11(15)10-12(13)17/h3-6,10H,7-9,15H2,1-2H3. The highest BCUT2D eigenvalue weighted by Crippen LogP contribution is 2.33. The highest BCUT2D eigenvalue weighted by molar-refractivity contribution is 6.03. The van der Waals surface area contributed by atoms with E-state index in [9.17, 15) is 4.79 Å². The van der Waals surface area contributed by atoms with E-state index in [2.05, 4.69) is 0 Å². The predicted octanol–water partition coefficient (Wildman–Crippen LogP) is 1.11. The maximum Gasteiger partial charge on any atom is 0.250 e. The van der Waals surface area contributed by atoms with Crippen molar-refractivity contribution in [3.05, 3.63) is 30.4 Å². The Morgan fingerprint density at radius 1 is 1.53 bits per heavy atom. The molecule has 0 radical (unpaired) electrons. The minimum Gasteiger partial charge on any atom is -0.490 e. The van der Waals surface area contributed by atoms with Gasteiger partial charge < -0.3 is 20.3 Å². The summed E-state index contributed by atoms with van der Waals surface area (Å²) in [4.78, 5) is 15.9. The molecule has 0 saturated heterocycles. The minimum absolute atomic E-state index is 0.0444. The van der Waals surface area contributed by atoms with Crippen molar-refractivity contribution < 1.29 is 9.53 Å². The number of hydrogen-bond donors (Lipinski definition) is 1. The van der Waals surface area contributed by atoms with Gasteiger partial charge in [-0.3, -0.25) is 4.79 Å². The number of hydrogen-bond acceptors (Lipinski definition) is 4. The lowest BCUT2D eigenvalue weighted by molar-refractivity contribution is -0.114. The van der Waals surface area contributed by atoms with E-state index in [-0.39, 0.29) is 5.91 Å². The summed E-state index contributed by atoms with van der Waals surface area (Å²) < 4.78 is 5.52. The molecule has 1 aliphatic heterocycles. The lowest BCUT2D eigenvalue weighted by Gasteiger charge is -2.29. The van der Waals surface area contributed by atoms with Crippen LogP contribution >= 0.6 is 0 Å². The van der Waals surface area contributed by atoms with Crippen molar-refractivity contribution in [3.63, 3.8) is 0 Å². The molecule has 1 aromatic rings. The van der Waals surface area contributed by atoms with E-state index in [1.807, 2.05) is 25.1 Å². The number of nitrogens with zero attached hydrogens (tertiary/aromatic N) is 2. The molecule has 5 heteroatoms. The molecule has 0 aliphatic carbocycles. The molecule has 0 fully saturated rings. The largest absolute Gasteiger partial charge is 0.490 e. The van der Waals surface area contributed by atoms with Crippen molar-refractivity contribution in [3.8, 4) is 5.75 Å². The monoisotopic (exact) mass is 261 g/mol. The maximum atomic E-state index is 12.2. The lowest BCUT2D eigenvalue weighted by atomic mass is 10.2. The molecule has 19 heavy (non-hydrogen) atoms. The molecule has 0 aromatic heterocycles. The number of likely N-dealkylation sites (N-methyl/N-ethyl adjacent to an activating group) is 1. The van der Waals surface area contributed by atoms with Crippen LogP contribution in [0.5, 0.6) is 5.75 Å². The molecule has 1 aliphatic rings. The van der Waals surface area contributed by atoms with E-state index in [0.717, 1.165) is 12.2 Å². The first-order valence-corrected chi connectivity index (χ1v) is 6.23. The van der Waals surface area contributed by atoms with Crippen molar-refractivity contribution in [2.24, 2.45) is 0 Å². The third kappa shape index (κ3) is 3.26. The van der Waals surface area contributed by atoms with Gasteiger partial charge in [0.15, 0.2) is 0 Å². The number of nitrogen functional groups attached to an aromatic ring is 1. The van der Waals surface area contributed by atoms with E-state index < -0.39 is 0 Å². The van der Waals surface area contributed by atoms with Crippen LogP contribution in [0.1, 0.15) is 0 Å². The van der Waals surface area contributed by atoms with E-state index in [1.165, 1.54) is 0 Å². The molecule has 0 unspecified atom stereocenters. The van der Waals surface area contributed by atoms with Crippen LogP contribution in [0.3, 0.4) is 0 Å². The first-order valence-electron chi connectivity index (χ1n) is 6.23. The van der Waals surface area contributed by atoms with Crippen molar-refractivity contribution >= 4 is 17.3 Å². The SMILES string of the molecule is CN(C)CC=CC(=O)N1CCOc2ccc(N)cc21. The van der Waals surface area contributed by atoms with Gasteiger partial charge >= 0.3 is 0 Å². The Hall–Kier alpha value is -2.01. The molecule has 5 nitrogen and oxygen atoms in total. The molecule has 0 saturated carbocycles. The van der Waals surface area contributed by atoms with E-state index in [4.69, 9.17) is 10.5 Å². The molecule has 0 spiro atoms. The molecule has 102 valence electrons. The van der Waals surface area contributed by atoms with Gasteiger partial charge in [0, 0.05) is 18.3 Å². The van der Waals surface area contributed by atoms with Gasteiger partial charge in [-0.15, -0.1) is 0 Å². The highest BCUT2D eigenvalue weighted by Gasteiger charge is 2.22. The number of nitrogens with two attached hydrogens (primary N) is 1. The van der Waals surface area contributed by atoms with Gasteiger partial charge in [-0.1, -0.05) is 6.08 Å². The number of carbonyl (C=O) groups is 1. The van der Waals surface area contributed by atoms with Gasteiger partial charge in [0.1, 0.15) is 12.4 Å². The van der Waals surface area contributed by atoms with Crippen molar-refractivity contribution in [1.29, 1.82) is 0 Å². The Balaban J connectivity index is 2.16. The first-order chi connectivity index (χ1) is 9.08. The molecule has 1 heterocycles. The summed E-state index contributed by atoms with van der Waals surface area (Å²) in [5.41, 5.74) is 7.13. The Morgan fingerprint density at radius 2 is 2.32 bits per heavy atom. The fourth-order valence-electron chi connectivity index (χ4n) is 1.92. The zero-order valence-electron chi connectivity index (χ0n) is 11.3. The summed E-state index contributed by atoms with van der Waals surface area (Å²) in [6.45, 7) is 1.78. The summed E-state index contributed by atoms with van der Waals surface area (Å²) in [5.74, 6) is 0.659. The number of amides is 1. The van der Waals surface area contributed by atoms with Crippen LogP contribution in [0.15, 0.2) is 30.4 Å². The van der Waals surface area contributed by atoms with Crippen LogP contribution in [0.2, 0.25) is 0 Å². The normalized spacial score (nSPS) is 14.6. The quantitative estimate of drug-likeness (QED) is 0.654. The second-order valence-electron chi connectivity index (χ2n) is 4.73. The number of rotatable bonds is 3. The third-order valence-electron chi connectivity index (χ3n) is 2.84. The van der Waals surface area contributed by atoms with Gasteiger partial charge in [-0.25, -0.2) is 0 Å². The summed E-state index contributed by atoms with van der Waals surface area (Å²) in [6, 6.07) is 5.34. The highest BCUT2D eigenvalue weighted by atomic mass is 16.5. The Bertz CT molecular complexity index is 497. The van der Waals surface area contributed by atoms with Crippen LogP contribution in [-0.4, -0.2) is 44.6 Å². The van der Waals surface area contributed by atoms with Crippen LogP contribution in [0.4, 0.5) is 11.4 Å². The minimum atomic E-state index is -0.0444. The average Bonchev–Trinajstić information content (AvgIpc) is 2.37. The summed E-state index contributed by atoms with van der Waals surface area (Å²) >= 11 is 0. The van der Waals surface area contributed by atoms with Gasteiger partial charge in [-0.05, 0) is 32.3 Å². The second-order valence-corrected chi connectivity index (χ2v) is 4.73. The van der Waals surface area contributed by atoms with Crippen LogP contribution in [0, 0.1) is 0 Å². The van der Waals surface area contributed by atoms with Gasteiger partial charge in [-0.2, -0.15) is 0 Å². The van der Waals surface area contributed by atoms with Crippen LogP contribution in [-0.2, 0) is 4.79 Å². The maximum absolute atomic E-state index is 12.2. The van der Waals surface area contributed by atoms with Crippen LogP contribution < -0.4 is 15.4 Å². The number of carbonyl (C=O) groups excluding carboxylic acids is 1. The number of fused-ring (bicyclic) bond motifs is 1. The molecule has 1 aromatic carbocycles. The fraction of sp³-hybridized carbons (Fsp3) is 0.357. The van der Waals surface area contributed by atoms with E-state index >= 15 is 0 Å². The summed E-state index contributed by atoms with van der Waals surface area (Å²) in [5, 5.41) is 0. The number of ether oxygens (including phenoxy) is 1. The molecular formula is C14H19N3O2. The smallest absolute Gasteiger partial charge is 0.250 e. The molecule has 0 bridgehead atoms. The summed E-state index contributed by atoms with van der Waals surface area (Å²) in [6.07, 6.45) is 3.45. The molecular weight excluding hydrogens is 242 g/mol. The van der Waals surface area contributed by atoms with Crippen molar-refractivity contribution in [1.82, 2.24) is 4.90 Å². The molecule has 0 atom stereocenters. The second kappa shape index (κ2) is 5.75. The van der Waals surface area contributed by atoms with E-state index in [0.29, 0.717) is 24.6 Å². The zero-order chi connectivity index (χ0) is 13.8. The van der Waals surface area contributed by atoms with Gasteiger partial charge in [0.2, 0.25) is 0 Å². The van der Waals surface area contributed by atoms with Crippen LogP contribution in [0.25, 0.3) is 0 Å². The number of benzene rings is 1. The third-order valence-corrected chi connectivity index (χ3v) is 2.84. The van der Waals surface area contributed by atoms with E-state index in [1.54, 1.807) is 29.2 Å². The Morgan fingerprint density at radius 3 is 3.05 bits per heavy atom. The van der Waals surface area contributed by atoms with Gasteiger partial charge in [0.25, 0.3) is 5.91 Å². The molecule has 2 rings (SSSR count). The zero-order valence-corrected chi connectivity index (χ0v) is 11.3. The Labute approximate surface area is 113 Å². The molecule has 1 amide bonds. The first kappa shape index (κ1) is 13.4. The summed E-state index contributed by atoms with van der Waals surface area (Å²) in [7, 11) is 3.92. The average molecular weight is 261 g/mol. The van der Waals surface area contributed by atoms with Crippen molar-refractivity contribution in [2.45, 2.75) is 0 Å². The molecule has 2 N–H and O–H groups in total. The fourth-order valence-corrected chi connectivity index (χ4v) is 1.92.